The second-order valence-corrected chi connectivity index (χ2v) is 15.1. The van der Waals surface area contributed by atoms with Crippen LogP contribution in [-0.2, 0) is 14.9 Å². The fourth-order valence-corrected chi connectivity index (χ4v) is 6.65. The van der Waals surface area contributed by atoms with Crippen LogP contribution in [0.3, 0.4) is 0 Å². The molecule has 6 nitrogen and oxygen atoms in total. The molecular formula is C39H75NO5S. The van der Waals surface area contributed by atoms with Crippen LogP contribution < -0.4 is 5.32 Å². The number of hydrogen-bond donors (Lipinski definition) is 3. The van der Waals surface area contributed by atoms with Gasteiger partial charge in [-0.15, -0.1) is 0 Å². The van der Waals surface area contributed by atoms with Crippen molar-refractivity contribution < 1.29 is 22.9 Å². The van der Waals surface area contributed by atoms with E-state index in [0.29, 0.717) is 0 Å². The third-order valence-electron chi connectivity index (χ3n) is 8.87. The number of rotatable bonds is 35. The maximum Gasteiger partial charge on any atom is 0.267 e. The molecule has 0 aromatic rings. The number of hydrogen-bond acceptors (Lipinski definition) is 4. The van der Waals surface area contributed by atoms with E-state index in [9.17, 15) is 22.9 Å². The molecule has 7 heteroatoms. The van der Waals surface area contributed by atoms with Crippen molar-refractivity contribution in [3.63, 3.8) is 0 Å². The summed E-state index contributed by atoms with van der Waals surface area (Å²) in [6, 6.07) is -1.06. The highest BCUT2D eigenvalue weighted by Crippen LogP contribution is 2.15. The van der Waals surface area contributed by atoms with Crippen LogP contribution in [-0.4, -0.2) is 41.9 Å². The molecule has 0 spiro atoms. The van der Waals surface area contributed by atoms with Gasteiger partial charge >= 0.3 is 0 Å². The zero-order valence-electron chi connectivity index (χ0n) is 30.2. The quantitative estimate of drug-likeness (QED) is 0.0354. The fourth-order valence-electron chi connectivity index (χ4n) is 5.91. The molecule has 0 aliphatic carbocycles. The maximum absolute atomic E-state index is 12.4. The zero-order valence-corrected chi connectivity index (χ0v) is 31.0. The van der Waals surface area contributed by atoms with Crippen molar-refractivity contribution in [1.29, 1.82) is 0 Å². The molecule has 0 aromatic heterocycles. The number of carbonyl (C=O) groups excluding carboxylic acids is 1. The third-order valence-corrected chi connectivity index (χ3v) is 9.65. The number of aliphatic hydroxyl groups excluding tert-OH is 1. The van der Waals surface area contributed by atoms with E-state index in [0.717, 1.165) is 57.8 Å². The van der Waals surface area contributed by atoms with E-state index in [1.165, 1.54) is 122 Å². The van der Waals surface area contributed by atoms with Crippen LogP contribution in [0.4, 0.5) is 0 Å². The molecule has 272 valence electrons. The predicted molar refractivity (Wildman–Crippen MR) is 198 cm³/mol. The molecule has 0 aliphatic rings. The van der Waals surface area contributed by atoms with E-state index in [-0.39, 0.29) is 12.3 Å². The number of allylic oxidation sites excluding steroid dienone is 3. The molecule has 0 bridgehead atoms. The molecule has 1 amide bonds. The van der Waals surface area contributed by atoms with Crippen molar-refractivity contribution in [1.82, 2.24) is 5.32 Å². The van der Waals surface area contributed by atoms with E-state index in [1.54, 1.807) is 6.08 Å². The Hall–Kier alpha value is -1.18. The lowest BCUT2D eigenvalue weighted by Gasteiger charge is -2.21. The number of nitrogens with one attached hydrogen (secondary N) is 1. The molecule has 46 heavy (non-hydrogen) atoms. The van der Waals surface area contributed by atoms with Crippen LogP contribution in [0.2, 0.25) is 0 Å². The van der Waals surface area contributed by atoms with Gasteiger partial charge in [-0.3, -0.25) is 9.35 Å². The van der Waals surface area contributed by atoms with E-state index in [1.807, 2.05) is 6.08 Å². The Morgan fingerprint density at radius 2 is 0.913 bits per heavy atom. The summed E-state index contributed by atoms with van der Waals surface area (Å²) in [4.78, 5) is 12.4. The first-order valence-corrected chi connectivity index (χ1v) is 21.1. The topological polar surface area (TPSA) is 104 Å². The third kappa shape index (κ3) is 34.2. The molecule has 0 rings (SSSR count). The first-order chi connectivity index (χ1) is 22.3. The Morgan fingerprint density at radius 1 is 0.565 bits per heavy atom. The minimum absolute atomic E-state index is 0.287. The molecule has 0 saturated carbocycles. The van der Waals surface area contributed by atoms with Gasteiger partial charge in [-0.05, 0) is 44.9 Å². The predicted octanol–water partition coefficient (Wildman–Crippen LogP) is 11.2. The molecule has 0 aromatic carbocycles. The Labute approximate surface area is 285 Å². The number of amides is 1. The number of carbonyl (C=O) groups is 1. The second-order valence-electron chi connectivity index (χ2n) is 13.6. The fraction of sp³-hybridized carbons (Fsp3) is 0.872. The van der Waals surface area contributed by atoms with E-state index in [4.69, 9.17) is 0 Å². The average Bonchev–Trinajstić information content (AvgIpc) is 3.01. The molecular weight excluding hydrogens is 594 g/mol. The van der Waals surface area contributed by atoms with Gasteiger partial charge in [0.15, 0.2) is 0 Å². The van der Waals surface area contributed by atoms with Crippen LogP contribution >= 0.6 is 0 Å². The van der Waals surface area contributed by atoms with Gasteiger partial charge in [0, 0.05) is 6.42 Å². The first-order valence-electron chi connectivity index (χ1n) is 19.5. The summed E-state index contributed by atoms with van der Waals surface area (Å²) < 4.78 is 32.4. The molecule has 2 unspecified atom stereocenters. The van der Waals surface area contributed by atoms with E-state index >= 15 is 0 Å². The molecule has 0 radical (unpaired) electrons. The molecule has 0 aliphatic heterocycles. The van der Waals surface area contributed by atoms with Crippen LogP contribution in [0.5, 0.6) is 0 Å². The van der Waals surface area contributed by atoms with Gasteiger partial charge in [-0.1, -0.05) is 173 Å². The summed E-state index contributed by atoms with van der Waals surface area (Å²) in [6.07, 6.45) is 41.6. The van der Waals surface area contributed by atoms with Gasteiger partial charge < -0.3 is 10.4 Å². The largest absolute Gasteiger partial charge is 0.387 e. The van der Waals surface area contributed by atoms with Gasteiger partial charge in [0.1, 0.15) is 0 Å². The SMILES string of the molecule is CCCCC/C=C\CCCCCCCC(=O)NC(CS(=O)(=O)O)C(O)/C=C/CCCCCCCCCCCCCCCCCCC. The van der Waals surface area contributed by atoms with E-state index < -0.39 is 28.0 Å². The summed E-state index contributed by atoms with van der Waals surface area (Å²) in [6.45, 7) is 4.49. The highest BCUT2D eigenvalue weighted by atomic mass is 32.2. The average molecular weight is 670 g/mol. The van der Waals surface area contributed by atoms with Crippen LogP contribution in [0.25, 0.3) is 0 Å². The minimum atomic E-state index is -4.34. The molecule has 3 N–H and O–H groups in total. The lowest BCUT2D eigenvalue weighted by atomic mass is 10.0. The van der Waals surface area contributed by atoms with Gasteiger partial charge in [-0.2, -0.15) is 8.42 Å². The highest BCUT2D eigenvalue weighted by molar-refractivity contribution is 7.85. The summed E-state index contributed by atoms with van der Waals surface area (Å²) >= 11 is 0. The standard InChI is InChI=1S/C39H75NO5S/c1-3-5-7-9-11-13-15-17-18-19-20-21-22-23-24-26-28-30-32-34-38(41)37(36-46(43,44)45)40-39(42)35-33-31-29-27-25-16-14-12-10-8-6-4-2/h12,14,32,34,37-38,41H,3-11,13,15-31,33,35-36H2,1-2H3,(H,40,42)(H,43,44,45)/b14-12-,34-32+. The summed E-state index contributed by atoms with van der Waals surface area (Å²) in [5, 5.41) is 13.2. The zero-order chi connectivity index (χ0) is 34.0. The van der Waals surface area contributed by atoms with Gasteiger partial charge in [-0.25, -0.2) is 0 Å². The van der Waals surface area contributed by atoms with Crippen LogP contribution in [0, 0.1) is 0 Å². The summed E-state index contributed by atoms with van der Waals surface area (Å²) in [5.41, 5.74) is 0. The van der Waals surface area contributed by atoms with Crippen molar-refractivity contribution in [3.05, 3.63) is 24.3 Å². The maximum atomic E-state index is 12.4. The molecule has 0 saturated heterocycles. The Kier molecular flexibility index (Phi) is 32.8. The van der Waals surface area contributed by atoms with Crippen LogP contribution in [0.15, 0.2) is 24.3 Å². The summed E-state index contributed by atoms with van der Waals surface area (Å²) in [7, 11) is -4.34. The highest BCUT2D eigenvalue weighted by Gasteiger charge is 2.24. The van der Waals surface area contributed by atoms with E-state index in [2.05, 4.69) is 31.3 Å². The lowest BCUT2D eigenvalue weighted by molar-refractivity contribution is -0.122. The minimum Gasteiger partial charge on any atom is -0.387 e. The molecule has 0 fully saturated rings. The Morgan fingerprint density at radius 3 is 1.35 bits per heavy atom. The normalized spacial score (nSPS) is 13.6. The second kappa shape index (κ2) is 33.7. The monoisotopic (exact) mass is 670 g/mol. The van der Waals surface area contributed by atoms with Crippen LogP contribution in [0.1, 0.15) is 200 Å². The van der Waals surface area contributed by atoms with Gasteiger partial charge in [0.25, 0.3) is 10.1 Å². The number of aliphatic hydroxyl groups is 1. The van der Waals surface area contributed by atoms with Crippen molar-refractivity contribution in [2.45, 2.75) is 212 Å². The Balaban J connectivity index is 3.92. The first kappa shape index (κ1) is 44.8. The summed E-state index contributed by atoms with van der Waals surface area (Å²) in [5.74, 6) is -0.987. The van der Waals surface area contributed by atoms with Gasteiger partial charge in [0.05, 0.1) is 17.9 Å². The van der Waals surface area contributed by atoms with Crippen molar-refractivity contribution in [2.75, 3.05) is 5.75 Å². The van der Waals surface area contributed by atoms with Crippen molar-refractivity contribution >= 4 is 16.0 Å². The smallest absolute Gasteiger partial charge is 0.267 e. The molecule has 0 heterocycles. The van der Waals surface area contributed by atoms with Gasteiger partial charge in [0.2, 0.25) is 5.91 Å². The Bertz CT molecular complexity index is 826. The van der Waals surface area contributed by atoms with Crippen molar-refractivity contribution in [3.8, 4) is 0 Å². The van der Waals surface area contributed by atoms with Crippen molar-refractivity contribution in [2.24, 2.45) is 0 Å². The molecule has 2 atom stereocenters. The number of unbranched alkanes of at least 4 members (excludes halogenated alkanes) is 25. The lowest BCUT2D eigenvalue weighted by Crippen LogP contribution is -2.46.